The fourth-order valence-electron chi connectivity index (χ4n) is 1.94. The van der Waals surface area contributed by atoms with Gasteiger partial charge in [0.05, 0.1) is 25.9 Å². The van der Waals surface area contributed by atoms with Crippen LogP contribution in [0, 0.1) is 0 Å². The zero-order valence-electron chi connectivity index (χ0n) is 13.5. The fourth-order valence-corrected chi connectivity index (χ4v) is 1.94. The Balaban J connectivity index is 2.14. The predicted molar refractivity (Wildman–Crippen MR) is 85.6 cm³/mol. The van der Waals surface area contributed by atoms with Crippen LogP contribution in [0.25, 0.3) is 0 Å². The van der Waals surface area contributed by atoms with Crippen molar-refractivity contribution in [2.24, 2.45) is 5.73 Å². The molecule has 0 aliphatic carbocycles. The molecule has 0 bridgehead atoms. The van der Waals surface area contributed by atoms with E-state index in [0.717, 1.165) is 12.0 Å². The van der Waals surface area contributed by atoms with Crippen LogP contribution in [-0.2, 0) is 14.2 Å². The van der Waals surface area contributed by atoms with Crippen LogP contribution in [0.5, 0.6) is 0 Å². The minimum absolute atomic E-state index is 0.0689. The maximum atomic E-state index is 6.13. The van der Waals surface area contributed by atoms with Gasteiger partial charge in [-0.25, -0.2) is 0 Å². The van der Waals surface area contributed by atoms with E-state index in [2.05, 4.69) is 38.1 Å². The molecule has 1 aromatic carbocycles. The highest BCUT2D eigenvalue weighted by Crippen LogP contribution is 2.17. The lowest BCUT2D eigenvalue weighted by molar-refractivity contribution is 0.0492. The van der Waals surface area contributed by atoms with E-state index < -0.39 is 0 Å². The predicted octanol–water partition coefficient (Wildman–Crippen LogP) is 2.88. The molecule has 0 aliphatic rings. The average Bonchev–Trinajstić information content (AvgIpc) is 2.49. The highest BCUT2D eigenvalue weighted by molar-refractivity contribution is 5.26. The number of hydrogen-bond acceptors (Lipinski definition) is 4. The zero-order valence-corrected chi connectivity index (χ0v) is 13.5. The van der Waals surface area contributed by atoms with E-state index in [9.17, 15) is 0 Å². The Morgan fingerprint density at radius 2 is 1.52 bits per heavy atom. The molecule has 0 heterocycles. The van der Waals surface area contributed by atoms with Crippen molar-refractivity contribution in [2.75, 3.05) is 40.1 Å². The zero-order chi connectivity index (χ0) is 15.5. The second kappa shape index (κ2) is 10.7. The van der Waals surface area contributed by atoms with Gasteiger partial charge in [-0.3, -0.25) is 0 Å². The summed E-state index contributed by atoms with van der Waals surface area (Å²) in [6, 6.07) is 8.40. The van der Waals surface area contributed by atoms with E-state index in [4.69, 9.17) is 19.9 Å². The van der Waals surface area contributed by atoms with Gasteiger partial charge in [-0.1, -0.05) is 38.1 Å². The molecule has 120 valence electrons. The first-order chi connectivity index (χ1) is 10.1. The molecule has 0 radical (unpaired) electrons. The third-order valence-electron chi connectivity index (χ3n) is 3.34. The third kappa shape index (κ3) is 7.58. The molecule has 4 nitrogen and oxygen atoms in total. The number of nitrogens with two attached hydrogens (primary N) is 1. The smallest absolute Gasteiger partial charge is 0.0700 e. The van der Waals surface area contributed by atoms with Crippen LogP contribution in [0.3, 0.4) is 0 Å². The fraction of sp³-hybridized carbons (Fsp3) is 0.647. The Kier molecular flexibility index (Phi) is 9.26. The van der Waals surface area contributed by atoms with Crippen LogP contribution in [0.15, 0.2) is 24.3 Å². The van der Waals surface area contributed by atoms with Crippen molar-refractivity contribution in [3.05, 3.63) is 35.4 Å². The van der Waals surface area contributed by atoms with E-state index >= 15 is 0 Å². The molecule has 0 fully saturated rings. The van der Waals surface area contributed by atoms with Gasteiger partial charge in [0.15, 0.2) is 0 Å². The first-order valence-corrected chi connectivity index (χ1v) is 7.65. The van der Waals surface area contributed by atoms with Crippen molar-refractivity contribution in [1.82, 2.24) is 0 Å². The van der Waals surface area contributed by atoms with Gasteiger partial charge in [0, 0.05) is 20.3 Å². The topological polar surface area (TPSA) is 53.7 Å². The Bertz CT molecular complexity index is 365. The quantitative estimate of drug-likeness (QED) is 0.638. The lowest BCUT2D eigenvalue weighted by Gasteiger charge is -2.14. The van der Waals surface area contributed by atoms with E-state index in [-0.39, 0.29) is 6.04 Å². The molecular formula is C17H29NO3. The summed E-state index contributed by atoms with van der Waals surface area (Å²) in [6.07, 6.45) is 0.878. The highest BCUT2D eigenvalue weighted by atomic mass is 16.5. The summed E-state index contributed by atoms with van der Waals surface area (Å²) < 4.78 is 15.9. The standard InChI is InChI=1S/C17H29NO3/c1-14(2)15-5-7-16(8-6-15)17(18)13-21-10-4-9-20-12-11-19-3/h5-8,14,17H,4,9-13,18H2,1-3H3. The average molecular weight is 295 g/mol. The van der Waals surface area contributed by atoms with Crippen molar-refractivity contribution in [2.45, 2.75) is 32.2 Å². The van der Waals surface area contributed by atoms with E-state index in [1.54, 1.807) is 7.11 Å². The Hall–Kier alpha value is -0.940. The molecule has 1 atom stereocenters. The molecule has 4 heteroatoms. The maximum absolute atomic E-state index is 6.13. The molecule has 1 unspecified atom stereocenters. The minimum atomic E-state index is -0.0689. The highest BCUT2D eigenvalue weighted by Gasteiger charge is 2.07. The second-order valence-electron chi connectivity index (χ2n) is 5.46. The first-order valence-electron chi connectivity index (χ1n) is 7.65. The molecule has 1 rings (SSSR count). The normalized spacial score (nSPS) is 12.8. The van der Waals surface area contributed by atoms with Gasteiger partial charge in [-0.05, 0) is 23.5 Å². The Morgan fingerprint density at radius 3 is 2.14 bits per heavy atom. The summed E-state index contributed by atoms with van der Waals surface area (Å²) in [5.74, 6) is 0.546. The van der Waals surface area contributed by atoms with Crippen molar-refractivity contribution in [1.29, 1.82) is 0 Å². The molecule has 0 amide bonds. The molecule has 21 heavy (non-hydrogen) atoms. The number of benzene rings is 1. The Labute approximate surface area is 128 Å². The van der Waals surface area contributed by atoms with Gasteiger partial charge in [-0.2, -0.15) is 0 Å². The molecule has 0 aromatic heterocycles. The van der Waals surface area contributed by atoms with Crippen molar-refractivity contribution < 1.29 is 14.2 Å². The van der Waals surface area contributed by atoms with Crippen LogP contribution in [-0.4, -0.2) is 40.1 Å². The summed E-state index contributed by atoms with van der Waals surface area (Å²) in [7, 11) is 1.67. The summed E-state index contributed by atoms with van der Waals surface area (Å²) >= 11 is 0. The second-order valence-corrected chi connectivity index (χ2v) is 5.46. The lowest BCUT2D eigenvalue weighted by atomic mass is 10.00. The number of ether oxygens (including phenoxy) is 3. The number of rotatable bonds is 11. The monoisotopic (exact) mass is 295 g/mol. The molecule has 0 saturated heterocycles. The third-order valence-corrected chi connectivity index (χ3v) is 3.34. The lowest BCUT2D eigenvalue weighted by Crippen LogP contribution is -2.18. The molecule has 0 aliphatic heterocycles. The van der Waals surface area contributed by atoms with Gasteiger partial charge in [0.2, 0.25) is 0 Å². The van der Waals surface area contributed by atoms with E-state index in [1.165, 1.54) is 5.56 Å². The summed E-state index contributed by atoms with van der Waals surface area (Å²) in [5.41, 5.74) is 8.58. The molecule has 2 N–H and O–H groups in total. The molecule has 1 aromatic rings. The van der Waals surface area contributed by atoms with Gasteiger partial charge < -0.3 is 19.9 Å². The van der Waals surface area contributed by atoms with Gasteiger partial charge >= 0.3 is 0 Å². The van der Waals surface area contributed by atoms with Gasteiger partial charge in [0.1, 0.15) is 0 Å². The maximum Gasteiger partial charge on any atom is 0.0700 e. The SMILES string of the molecule is COCCOCCCOCC(N)c1ccc(C(C)C)cc1. The molecule has 0 saturated carbocycles. The first kappa shape index (κ1) is 18.1. The van der Waals surface area contributed by atoms with Crippen LogP contribution >= 0.6 is 0 Å². The Morgan fingerprint density at radius 1 is 0.905 bits per heavy atom. The molecule has 0 spiro atoms. The van der Waals surface area contributed by atoms with Crippen molar-refractivity contribution in [3.63, 3.8) is 0 Å². The van der Waals surface area contributed by atoms with Gasteiger partial charge in [-0.15, -0.1) is 0 Å². The summed E-state index contributed by atoms with van der Waals surface area (Å²) in [4.78, 5) is 0. The molecular weight excluding hydrogens is 266 g/mol. The van der Waals surface area contributed by atoms with Crippen molar-refractivity contribution in [3.8, 4) is 0 Å². The van der Waals surface area contributed by atoms with Crippen LogP contribution in [0.4, 0.5) is 0 Å². The van der Waals surface area contributed by atoms with Gasteiger partial charge in [0.25, 0.3) is 0 Å². The summed E-state index contributed by atoms with van der Waals surface area (Å²) in [6.45, 7) is 7.56. The summed E-state index contributed by atoms with van der Waals surface area (Å²) in [5, 5.41) is 0. The largest absolute Gasteiger partial charge is 0.382 e. The van der Waals surface area contributed by atoms with Crippen LogP contribution < -0.4 is 5.73 Å². The van der Waals surface area contributed by atoms with Crippen LogP contribution in [0.1, 0.15) is 43.4 Å². The number of methoxy groups -OCH3 is 1. The number of hydrogen-bond donors (Lipinski definition) is 1. The van der Waals surface area contributed by atoms with E-state index in [1.807, 2.05) is 0 Å². The van der Waals surface area contributed by atoms with Crippen molar-refractivity contribution >= 4 is 0 Å². The minimum Gasteiger partial charge on any atom is -0.382 e. The van der Waals surface area contributed by atoms with Crippen LogP contribution in [0.2, 0.25) is 0 Å². The van der Waals surface area contributed by atoms with E-state index in [0.29, 0.717) is 39.0 Å².